The van der Waals surface area contributed by atoms with Crippen molar-refractivity contribution in [3.63, 3.8) is 0 Å². The van der Waals surface area contributed by atoms with Gasteiger partial charge >= 0.3 is 0 Å². The first kappa shape index (κ1) is 8.03. The average Bonchev–Trinajstić information content (AvgIpc) is 2.04. The number of nitrogens with zero attached hydrogens (tertiary/aromatic N) is 2. The Bertz CT molecular complexity index is 301. The highest BCUT2D eigenvalue weighted by molar-refractivity contribution is 6.30. The summed E-state index contributed by atoms with van der Waals surface area (Å²) in [7, 11) is 0. The lowest BCUT2D eigenvalue weighted by atomic mass is 10.1. The van der Waals surface area contributed by atoms with Crippen molar-refractivity contribution in [2.75, 3.05) is 0 Å². The van der Waals surface area contributed by atoms with Crippen LogP contribution in [-0.4, -0.2) is 4.98 Å². The van der Waals surface area contributed by atoms with E-state index in [0.717, 1.165) is 12.0 Å². The highest BCUT2D eigenvalue weighted by Gasteiger charge is 2.03. The van der Waals surface area contributed by atoms with E-state index in [1.807, 2.05) is 6.92 Å². The fourth-order valence-electron chi connectivity index (χ4n) is 0.908. The van der Waals surface area contributed by atoms with Gasteiger partial charge in [-0.15, -0.1) is 0 Å². The van der Waals surface area contributed by atoms with Crippen LogP contribution in [0.25, 0.3) is 0 Å². The molecular weight excluding hydrogens is 160 g/mol. The van der Waals surface area contributed by atoms with Gasteiger partial charge in [-0.3, -0.25) is 0 Å². The van der Waals surface area contributed by atoms with Crippen LogP contribution in [0, 0.1) is 11.3 Å². The molecule has 0 amide bonds. The van der Waals surface area contributed by atoms with E-state index >= 15 is 0 Å². The third-order valence-corrected chi connectivity index (χ3v) is 1.80. The average molecular weight is 167 g/mol. The molecule has 0 aliphatic heterocycles. The van der Waals surface area contributed by atoms with E-state index < -0.39 is 0 Å². The summed E-state index contributed by atoms with van der Waals surface area (Å²) in [6.07, 6.45) is 2.29. The van der Waals surface area contributed by atoms with Gasteiger partial charge in [0.1, 0.15) is 5.15 Å². The minimum absolute atomic E-state index is 0.437. The quantitative estimate of drug-likeness (QED) is 0.600. The second-order valence-corrected chi connectivity index (χ2v) is 2.45. The smallest absolute Gasteiger partial charge is 0.133 e. The predicted octanol–water partition coefficient (Wildman–Crippen LogP) is 2.17. The zero-order valence-electron chi connectivity index (χ0n) is 6.13. The summed E-state index contributed by atoms with van der Waals surface area (Å²) in [6.45, 7) is 1.95. The highest BCUT2D eigenvalue weighted by atomic mass is 35.5. The molecule has 11 heavy (non-hydrogen) atoms. The van der Waals surface area contributed by atoms with Gasteiger partial charge < -0.3 is 0 Å². The lowest BCUT2D eigenvalue weighted by Crippen LogP contribution is -1.90. The molecule has 1 aromatic rings. The van der Waals surface area contributed by atoms with Crippen molar-refractivity contribution >= 4 is 11.6 Å². The standard InChI is InChI=1S/C8H7ClN2/c1-2-7-6(5-10)3-4-11-8(7)9/h3-4H,2H2,1H3. The summed E-state index contributed by atoms with van der Waals surface area (Å²) >= 11 is 5.75. The van der Waals surface area contributed by atoms with E-state index in [9.17, 15) is 0 Å². The Morgan fingerprint density at radius 1 is 1.73 bits per heavy atom. The van der Waals surface area contributed by atoms with Crippen LogP contribution in [0.4, 0.5) is 0 Å². The summed E-state index contributed by atoms with van der Waals surface area (Å²) in [5, 5.41) is 9.07. The van der Waals surface area contributed by atoms with Crippen LogP contribution in [0.2, 0.25) is 5.15 Å². The number of nitriles is 1. The summed E-state index contributed by atoms with van der Waals surface area (Å²) in [5.41, 5.74) is 1.45. The summed E-state index contributed by atoms with van der Waals surface area (Å²) in [6, 6.07) is 3.73. The lowest BCUT2D eigenvalue weighted by molar-refractivity contribution is 1.09. The zero-order chi connectivity index (χ0) is 8.27. The number of halogens is 1. The molecule has 0 radical (unpaired) electrons. The van der Waals surface area contributed by atoms with Gasteiger partial charge in [0.2, 0.25) is 0 Å². The fourth-order valence-corrected chi connectivity index (χ4v) is 1.20. The Balaban J connectivity index is 3.27. The van der Waals surface area contributed by atoms with Crippen molar-refractivity contribution in [2.45, 2.75) is 13.3 Å². The maximum atomic E-state index is 8.64. The Hall–Kier alpha value is -1.07. The van der Waals surface area contributed by atoms with Gasteiger partial charge in [0.25, 0.3) is 0 Å². The van der Waals surface area contributed by atoms with E-state index in [1.165, 1.54) is 0 Å². The lowest BCUT2D eigenvalue weighted by Gasteiger charge is -1.99. The molecule has 0 bridgehead atoms. The Kier molecular flexibility index (Phi) is 2.45. The van der Waals surface area contributed by atoms with Gasteiger partial charge in [-0.1, -0.05) is 18.5 Å². The Morgan fingerprint density at radius 2 is 2.45 bits per heavy atom. The van der Waals surface area contributed by atoms with E-state index in [1.54, 1.807) is 12.3 Å². The minimum Gasteiger partial charge on any atom is -0.244 e. The largest absolute Gasteiger partial charge is 0.244 e. The first-order chi connectivity index (χ1) is 5.29. The van der Waals surface area contributed by atoms with Crippen molar-refractivity contribution in [2.24, 2.45) is 0 Å². The molecule has 0 aromatic carbocycles. The minimum atomic E-state index is 0.437. The third kappa shape index (κ3) is 1.50. The normalized spacial score (nSPS) is 9.18. The van der Waals surface area contributed by atoms with Gasteiger partial charge in [0.05, 0.1) is 11.6 Å². The van der Waals surface area contributed by atoms with E-state index in [-0.39, 0.29) is 0 Å². The molecule has 0 saturated carbocycles. The monoisotopic (exact) mass is 166 g/mol. The molecule has 0 atom stereocenters. The van der Waals surface area contributed by atoms with Gasteiger partial charge in [-0.05, 0) is 12.5 Å². The van der Waals surface area contributed by atoms with Crippen LogP contribution < -0.4 is 0 Å². The maximum Gasteiger partial charge on any atom is 0.133 e. The molecule has 0 aliphatic carbocycles. The highest BCUT2D eigenvalue weighted by Crippen LogP contribution is 2.16. The molecule has 1 rings (SSSR count). The van der Waals surface area contributed by atoms with Crippen LogP contribution in [0.5, 0.6) is 0 Å². The molecule has 56 valence electrons. The van der Waals surface area contributed by atoms with E-state index in [0.29, 0.717) is 10.7 Å². The second-order valence-electron chi connectivity index (χ2n) is 2.09. The predicted molar refractivity (Wildman–Crippen MR) is 43.3 cm³/mol. The van der Waals surface area contributed by atoms with Crippen molar-refractivity contribution in [3.8, 4) is 6.07 Å². The van der Waals surface area contributed by atoms with Crippen LogP contribution in [0.15, 0.2) is 12.3 Å². The van der Waals surface area contributed by atoms with Crippen molar-refractivity contribution < 1.29 is 0 Å². The third-order valence-electron chi connectivity index (χ3n) is 1.48. The van der Waals surface area contributed by atoms with Crippen LogP contribution in [0.3, 0.4) is 0 Å². The summed E-state index contributed by atoms with van der Waals surface area (Å²) in [5.74, 6) is 0. The van der Waals surface area contributed by atoms with Gasteiger partial charge in [-0.2, -0.15) is 5.26 Å². The summed E-state index contributed by atoms with van der Waals surface area (Å²) in [4.78, 5) is 3.87. The molecule has 1 aromatic heterocycles. The molecule has 0 aliphatic rings. The van der Waals surface area contributed by atoms with Crippen molar-refractivity contribution in [1.29, 1.82) is 5.26 Å². The first-order valence-corrected chi connectivity index (χ1v) is 3.71. The van der Waals surface area contributed by atoms with Crippen LogP contribution in [0.1, 0.15) is 18.1 Å². The van der Waals surface area contributed by atoms with Crippen molar-refractivity contribution in [3.05, 3.63) is 28.5 Å². The number of hydrogen-bond acceptors (Lipinski definition) is 2. The fraction of sp³-hybridized carbons (Fsp3) is 0.250. The topological polar surface area (TPSA) is 36.7 Å². The number of rotatable bonds is 1. The Morgan fingerprint density at radius 3 is 2.91 bits per heavy atom. The Labute approximate surface area is 70.4 Å². The maximum absolute atomic E-state index is 8.64. The molecular formula is C8H7ClN2. The molecule has 2 nitrogen and oxygen atoms in total. The number of hydrogen-bond donors (Lipinski definition) is 0. The van der Waals surface area contributed by atoms with E-state index in [2.05, 4.69) is 11.1 Å². The molecule has 0 N–H and O–H groups in total. The molecule has 1 heterocycles. The van der Waals surface area contributed by atoms with Crippen molar-refractivity contribution in [1.82, 2.24) is 4.98 Å². The molecule has 0 spiro atoms. The van der Waals surface area contributed by atoms with E-state index in [4.69, 9.17) is 16.9 Å². The second kappa shape index (κ2) is 3.36. The summed E-state index contributed by atoms with van der Waals surface area (Å²) < 4.78 is 0. The first-order valence-electron chi connectivity index (χ1n) is 3.33. The van der Waals surface area contributed by atoms with Crippen LogP contribution >= 0.6 is 11.6 Å². The number of aromatic nitrogens is 1. The van der Waals surface area contributed by atoms with Gasteiger partial charge in [0, 0.05) is 11.8 Å². The molecule has 0 fully saturated rings. The zero-order valence-corrected chi connectivity index (χ0v) is 6.89. The number of pyridine rings is 1. The SMILES string of the molecule is CCc1c(C#N)ccnc1Cl. The molecule has 3 heteroatoms. The molecule has 0 saturated heterocycles. The van der Waals surface area contributed by atoms with Crippen LogP contribution in [-0.2, 0) is 6.42 Å². The van der Waals surface area contributed by atoms with Gasteiger partial charge in [-0.25, -0.2) is 4.98 Å². The van der Waals surface area contributed by atoms with Gasteiger partial charge in [0.15, 0.2) is 0 Å². The molecule has 0 unspecified atom stereocenters.